The minimum absolute atomic E-state index is 0.877. The molecule has 0 unspecified atom stereocenters. The highest BCUT2D eigenvalue weighted by Gasteiger charge is 2.02. The molecule has 2 aromatic heterocycles. The van der Waals surface area contributed by atoms with E-state index in [2.05, 4.69) is 9.97 Å². The Morgan fingerprint density at radius 3 is 3.08 bits per heavy atom. The normalized spacial score (nSPS) is 11.1. The Morgan fingerprint density at radius 2 is 2.08 bits per heavy atom. The van der Waals surface area contributed by atoms with Gasteiger partial charge in [-0.3, -0.25) is 0 Å². The van der Waals surface area contributed by atoms with E-state index < -0.39 is 0 Å². The molecule has 0 bridgehead atoms. The SMILES string of the molecule is c1ncc2c(ccc3occc32)n1. The van der Waals surface area contributed by atoms with Gasteiger partial charge in [-0.1, -0.05) is 0 Å². The van der Waals surface area contributed by atoms with E-state index in [0.717, 1.165) is 21.9 Å². The molecule has 3 heteroatoms. The maximum absolute atomic E-state index is 5.27. The summed E-state index contributed by atoms with van der Waals surface area (Å²) in [5, 5.41) is 2.10. The Morgan fingerprint density at radius 1 is 1.08 bits per heavy atom. The first-order chi connectivity index (χ1) is 6.45. The van der Waals surface area contributed by atoms with Crippen molar-refractivity contribution in [2.75, 3.05) is 0 Å². The van der Waals surface area contributed by atoms with Crippen molar-refractivity contribution in [3.63, 3.8) is 0 Å². The largest absolute Gasteiger partial charge is 0.464 e. The van der Waals surface area contributed by atoms with Gasteiger partial charge in [0, 0.05) is 17.0 Å². The molecule has 0 aliphatic rings. The molecule has 1 aromatic carbocycles. The van der Waals surface area contributed by atoms with Crippen LogP contribution < -0.4 is 0 Å². The summed E-state index contributed by atoms with van der Waals surface area (Å²) in [6.07, 6.45) is 5.03. The van der Waals surface area contributed by atoms with Gasteiger partial charge < -0.3 is 4.42 Å². The van der Waals surface area contributed by atoms with Crippen molar-refractivity contribution in [3.05, 3.63) is 37.0 Å². The summed E-state index contributed by atoms with van der Waals surface area (Å²) in [5.74, 6) is 0. The van der Waals surface area contributed by atoms with Gasteiger partial charge in [-0.05, 0) is 18.2 Å². The van der Waals surface area contributed by atoms with E-state index >= 15 is 0 Å². The summed E-state index contributed by atoms with van der Waals surface area (Å²) in [6, 6.07) is 5.79. The van der Waals surface area contributed by atoms with Crippen molar-refractivity contribution in [3.8, 4) is 0 Å². The zero-order valence-corrected chi connectivity index (χ0v) is 6.77. The molecule has 3 rings (SSSR count). The van der Waals surface area contributed by atoms with Crippen LogP contribution in [0.15, 0.2) is 41.4 Å². The first kappa shape index (κ1) is 6.60. The highest BCUT2D eigenvalue weighted by molar-refractivity contribution is 6.03. The topological polar surface area (TPSA) is 38.9 Å². The first-order valence-electron chi connectivity index (χ1n) is 4.01. The molecule has 0 atom stereocenters. The van der Waals surface area contributed by atoms with E-state index in [9.17, 15) is 0 Å². The van der Waals surface area contributed by atoms with E-state index in [0.29, 0.717) is 0 Å². The lowest BCUT2D eigenvalue weighted by molar-refractivity contribution is 0.616. The van der Waals surface area contributed by atoms with Crippen molar-refractivity contribution in [1.82, 2.24) is 9.97 Å². The Labute approximate surface area is 74.0 Å². The Balaban J connectivity index is 2.65. The van der Waals surface area contributed by atoms with Crippen molar-refractivity contribution >= 4 is 21.9 Å². The van der Waals surface area contributed by atoms with Crippen LogP contribution in [0.4, 0.5) is 0 Å². The molecule has 0 spiro atoms. The Kier molecular flexibility index (Phi) is 1.16. The lowest BCUT2D eigenvalue weighted by Gasteiger charge is -1.95. The second-order valence-corrected chi connectivity index (χ2v) is 2.85. The summed E-state index contributed by atoms with van der Waals surface area (Å²) < 4.78 is 5.27. The van der Waals surface area contributed by atoms with Crippen LogP contribution in [0.3, 0.4) is 0 Å². The summed E-state index contributed by atoms with van der Waals surface area (Å²) in [7, 11) is 0. The number of hydrogen-bond acceptors (Lipinski definition) is 3. The van der Waals surface area contributed by atoms with E-state index in [1.807, 2.05) is 18.2 Å². The second-order valence-electron chi connectivity index (χ2n) is 2.85. The number of aromatic nitrogens is 2. The van der Waals surface area contributed by atoms with Gasteiger partial charge in [0.25, 0.3) is 0 Å². The molecule has 62 valence electrons. The molecule has 3 nitrogen and oxygen atoms in total. The fourth-order valence-corrected chi connectivity index (χ4v) is 1.51. The predicted octanol–water partition coefficient (Wildman–Crippen LogP) is 2.38. The van der Waals surface area contributed by atoms with E-state index in [1.54, 1.807) is 18.8 Å². The molecule has 0 amide bonds. The van der Waals surface area contributed by atoms with Gasteiger partial charge in [0.2, 0.25) is 0 Å². The molecule has 0 radical (unpaired) electrons. The van der Waals surface area contributed by atoms with E-state index in [-0.39, 0.29) is 0 Å². The minimum atomic E-state index is 0.877. The molecule has 2 heterocycles. The minimum Gasteiger partial charge on any atom is -0.464 e. The Hall–Kier alpha value is -1.90. The molecular formula is C10H6N2O. The van der Waals surface area contributed by atoms with Crippen molar-refractivity contribution < 1.29 is 4.42 Å². The van der Waals surface area contributed by atoms with Crippen LogP contribution in [-0.4, -0.2) is 9.97 Å². The van der Waals surface area contributed by atoms with Crippen molar-refractivity contribution in [2.45, 2.75) is 0 Å². The van der Waals surface area contributed by atoms with Crippen LogP contribution in [0.2, 0.25) is 0 Å². The monoisotopic (exact) mass is 170 g/mol. The molecule has 13 heavy (non-hydrogen) atoms. The summed E-state index contributed by atoms with van der Waals surface area (Å²) in [6.45, 7) is 0. The number of benzene rings is 1. The maximum Gasteiger partial charge on any atom is 0.134 e. The smallest absolute Gasteiger partial charge is 0.134 e. The van der Waals surface area contributed by atoms with Gasteiger partial charge in [-0.15, -0.1) is 0 Å². The third-order valence-corrected chi connectivity index (χ3v) is 2.12. The summed E-state index contributed by atoms with van der Waals surface area (Å²) in [4.78, 5) is 8.15. The van der Waals surface area contributed by atoms with Gasteiger partial charge in [-0.2, -0.15) is 0 Å². The number of rotatable bonds is 0. The Bertz CT molecular complexity index is 571. The summed E-state index contributed by atoms with van der Waals surface area (Å²) >= 11 is 0. The molecule has 0 saturated carbocycles. The first-order valence-corrected chi connectivity index (χ1v) is 4.01. The van der Waals surface area contributed by atoms with Crippen LogP contribution in [-0.2, 0) is 0 Å². The van der Waals surface area contributed by atoms with Gasteiger partial charge >= 0.3 is 0 Å². The van der Waals surface area contributed by atoms with Crippen molar-refractivity contribution in [1.29, 1.82) is 0 Å². The molecule has 0 aliphatic heterocycles. The molecule has 0 saturated heterocycles. The maximum atomic E-state index is 5.27. The lowest BCUT2D eigenvalue weighted by atomic mass is 10.2. The molecule has 0 aliphatic carbocycles. The summed E-state index contributed by atoms with van der Waals surface area (Å²) in [5.41, 5.74) is 1.83. The number of furan rings is 1. The van der Waals surface area contributed by atoms with Gasteiger partial charge in [0.15, 0.2) is 0 Å². The third-order valence-electron chi connectivity index (χ3n) is 2.12. The van der Waals surface area contributed by atoms with E-state index in [4.69, 9.17) is 4.42 Å². The van der Waals surface area contributed by atoms with Crippen LogP contribution >= 0.6 is 0 Å². The lowest BCUT2D eigenvalue weighted by Crippen LogP contribution is -1.79. The number of nitrogens with zero attached hydrogens (tertiary/aromatic N) is 2. The molecule has 0 fully saturated rings. The average Bonchev–Trinajstić information content (AvgIpc) is 2.65. The third kappa shape index (κ3) is 0.839. The van der Waals surface area contributed by atoms with Gasteiger partial charge in [-0.25, -0.2) is 9.97 Å². The second kappa shape index (κ2) is 2.29. The zero-order chi connectivity index (χ0) is 8.67. The number of fused-ring (bicyclic) bond motifs is 3. The fraction of sp³-hybridized carbons (Fsp3) is 0. The highest BCUT2D eigenvalue weighted by Crippen LogP contribution is 2.23. The highest BCUT2D eigenvalue weighted by atomic mass is 16.3. The molecule has 3 aromatic rings. The average molecular weight is 170 g/mol. The van der Waals surface area contributed by atoms with Crippen LogP contribution in [0.25, 0.3) is 21.9 Å². The van der Waals surface area contributed by atoms with Crippen LogP contribution in [0, 0.1) is 0 Å². The molecular weight excluding hydrogens is 164 g/mol. The van der Waals surface area contributed by atoms with Crippen LogP contribution in [0.1, 0.15) is 0 Å². The van der Waals surface area contributed by atoms with E-state index in [1.165, 1.54) is 0 Å². The van der Waals surface area contributed by atoms with Gasteiger partial charge in [0.1, 0.15) is 11.9 Å². The standard InChI is InChI=1S/C10H6N2O/c1-2-10-7(3-4-13-10)8-5-11-6-12-9(1)8/h1-6H. The zero-order valence-electron chi connectivity index (χ0n) is 6.77. The van der Waals surface area contributed by atoms with Crippen molar-refractivity contribution in [2.24, 2.45) is 0 Å². The predicted molar refractivity (Wildman–Crippen MR) is 49.3 cm³/mol. The van der Waals surface area contributed by atoms with Crippen LogP contribution in [0.5, 0.6) is 0 Å². The fourth-order valence-electron chi connectivity index (χ4n) is 1.51. The quantitative estimate of drug-likeness (QED) is 0.520. The molecule has 0 N–H and O–H groups in total. The van der Waals surface area contributed by atoms with Gasteiger partial charge in [0.05, 0.1) is 11.8 Å². The number of hydrogen-bond donors (Lipinski definition) is 0.